The molecule has 1 aromatic carbocycles. The Morgan fingerprint density at radius 1 is 1.33 bits per heavy atom. The zero-order valence-corrected chi connectivity index (χ0v) is 9.72. The van der Waals surface area contributed by atoms with Crippen molar-refractivity contribution in [3.05, 3.63) is 36.0 Å². The highest BCUT2D eigenvalue weighted by atomic mass is 16.5. The van der Waals surface area contributed by atoms with E-state index in [1.54, 1.807) is 0 Å². The van der Waals surface area contributed by atoms with Crippen molar-refractivity contribution in [1.29, 1.82) is 0 Å². The van der Waals surface area contributed by atoms with Crippen LogP contribution in [0.15, 0.2) is 34.9 Å². The van der Waals surface area contributed by atoms with Crippen molar-refractivity contribution in [3.8, 4) is 11.1 Å². The van der Waals surface area contributed by atoms with Crippen LogP contribution in [0.25, 0.3) is 11.1 Å². The zero-order valence-electron chi connectivity index (χ0n) is 9.72. The molecule has 0 saturated heterocycles. The first kappa shape index (κ1) is 12.1. The lowest BCUT2D eigenvalue weighted by molar-refractivity contribution is 0.0946. The van der Waals surface area contributed by atoms with Crippen molar-refractivity contribution in [2.24, 2.45) is 5.73 Å². The molecule has 0 bridgehead atoms. The maximum Gasteiger partial charge on any atom is 0.274 e. The number of anilines is 1. The number of carbonyl (C=O) groups excluding carboxylic acids is 1. The lowest BCUT2D eigenvalue weighted by Crippen LogP contribution is -2.29. The highest BCUT2D eigenvalue weighted by Gasteiger charge is 2.21. The smallest absolute Gasteiger partial charge is 0.274 e. The summed E-state index contributed by atoms with van der Waals surface area (Å²) in [6.45, 7) is 0.736. The normalized spacial score (nSPS) is 10.3. The van der Waals surface area contributed by atoms with Crippen molar-refractivity contribution in [1.82, 2.24) is 10.5 Å². The molecule has 0 unspecified atom stereocenters. The van der Waals surface area contributed by atoms with Crippen LogP contribution in [0.5, 0.6) is 0 Å². The number of benzene rings is 1. The highest BCUT2D eigenvalue weighted by molar-refractivity contribution is 6.01. The third kappa shape index (κ3) is 2.33. The molecule has 1 aromatic heterocycles. The summed E-state index contributed by atoms with van der Waals surface area (Å²) in [5.41, 5.74) is 12.5. The number of nitrogens with zero attached hydrogens (tertiary/aromatic N) is 1. The number of amides is 1. The first-order valence-corrected chi connectivity index (χ1v) is 5.53. The molecule has 1 amide bonds. The number of rotatable bonds is 4. The molecule has 0 atom stereocenters. The Labute approximate surface area is 104 Å². The van der Waals surface area contributed by atoms with Gasteiger partial charge < -0.3 is 21.3 Å². The van der Waals surface area contributed by atoms with Gasteiger partial charge in [-0.1, -0.05) is 35.5 Å². The van der Waals surface area contributed by atoms with Gasteiger partial charge in [-0.3, -0.25) is 4.79 Å². The van der Waals surface area contributed by atoms with Crippen molar-refractivity contribution in [3.63, 3.8) is 0 Å². The van der Waals surface area contributed by atoms with E-state index in [0.29, 0.717) is 18.7 Å². The van der Waals surface area contributed by atoms with Gasteiger partial charge in [-0.2, -0.15) is 0 Å². The number of carbonyl (C=O) groups is 1. The van der Waals surface area contributed by atoms with Gasteiger partial charge in [0.1, 0.15) is 0 Å². The summed E-state index contributed by atoms with van der Waals surface area (Å²) >= 11 is 0. The van der Waals surface area contributed by atoms with Crippen LogP contribution in [0.3, 0.4) is 0 Å². The Morgan fingerprint density at radius 3 is 2.72 bits per heavy atom. The molecule has 0 spiro atoms. The van der Waals surface area contributed by atoms with Gasteiger partial charge in [0, 0.05) is 13.1 Å². The third-order valence-electron chi connectivity index (χ3n) is 2.43. The van der Waals surface area contributed by atoms with E-state index < -0.39 is 0 Å². The summed E-state index contributed by atoms with van der Waals surface area (Å²) < 4.78 is 4.89. The van der Waals surface area contributed by atoms with E-state index in [0.717, 1.165) is 5.56 Å². The lowest BCUT2D eigenvalue weighted by Gasteiger charge is -2.03. The van der Waals surface area contributed by atoms with Crippen LogP contribution in [0, 0.1) is 0 Å². The molecule has 0 saturated carbocycles. The van der Waals surface area contributed by atoms with E-state index in [1.165, 1.54) is 0 Å². The zero-order chi connectivity index (χ0) is 13.0. The Bertz CT molecular complexity index is 536. The van der Waals surface area contributed by atoms with Gasteiger partial charge in [-0.25, -0.2) is 0 Å². The number of hydrogen-bond donors (Lipinski definition) is 3. The molecule has 0 aliphatic rings. The van der Waals surface area contributed by atoms with Crippen molar-refractivity contribution in [2.45, 2.75) is 0 Å². The van der Waals surface area contributed by atoms with Crippen LogP contribution in [-0.4, -0.2) is 24.2 Å². The van der Waals surface area contributed by atoms with E-state index in [9.17, 15) is 4.79 Å². The molecule has 6 heteroatoms. The summed E-state index contributed by atoms with van der Waals surface area (Å²) in [6, 6.07) is 9.25. The largest absolute Gasteiger partial charge is 0.367 e. The van der Waals surface area contributed by atoms with Crippen LogP contribution in [0.1, 0.15) is 10.5 Å². The summed E-state index contributed by atoms with van der Waals surface area (Å²) in [4.78, 5) is 11.9. The highest BCUT2D eigenvalue weighted by Crippen LogP contribution is 2.29. The van der Waals surface area contributed by atoms with Crippen molar-refractivity contribution < 1.29 is 9.32 Å². The van der Waals surface area contributed by atoms with E-state index in [1.807, 2.05) is 30.3 Å². The molecule has 5 N–H and O–H groups in total. The summed E-state index contributed by atoms with van der Waals surface area (Å²) in [6.07, 6.45) is 0. The minimum absolute atomic E-state index is 0.124. The van der Waals surface area contributed by atoms with E-state index in [4.69, 9.17) is 16.0 Å². The predicted octanol–water partition coefficient (Wildman–Crippen LogP) is 0.612. The minimum Gasteiger partial charge on any atom is -0.367 e. The van der Waals surface area contributed by atoms with Gasteiger partial charge >= 0.3 is 0 Å². The maximum absolute atomic E-state index is 11.9. The number of nitrogens with one attached hydrogen (secondary N) is 1. The van der Waals surface area contributed by atoms with Gasteiger partial charge in [0.25, 0.3) is 5.91 Å². The molecule has 1 heterocycles. The molecule has 94 valence electrons. The summed E-state index contributed by atoms with van der Waals surface area (Å²) in [5, 5.41) is 6.32. The standard InChI is InChI=1S/C12H14N4O2/c13-6-7-15-12(17)10-9(11(14)18-16-10)8-4-2-1-3-5-8/h1-5H,6-7,13-14H2,(H,15,17). The molecule has 18 heavy (non-hydrogen) atoms. The molecular weight excluding hydrogens is 232 g/mol. The van der Waals surface area contributed by atoms with Crippen molar-refractivity contribution in [2.75, 3.05) is 18.8 Å². The quantitative estimate of drug-likeness (QED) is 0.732. The van der Waals surface area contributed by atoms with Gasteiger partial charge in [0.05, 0.1) is 5.56 Å². The van der Waals surface area contributed by atoms with E-state index in [2.05, 4.69) is 10.5 Å². The van der Waals surface area contributed by atoms with E-state index in [-0.39, 0.29) is 17.5 Å². The molecule has 0 radical (unpaired) electrons. The number of nitrogen functional groups attached to an aromatic ring is 1. The monoisotopic (exact) mass is 246 g/mol. The van der Waals surface area contributed by atoms with Gasteiger partial charge in [0.2, 0.25) is 5.88 Å². The molecule has 2 aromatic rings. The van der Waals surface area contributed by atoms with Gasteiger partial charge in [-0.15, -0.1) is 0 Å². The first-order valence-electron chi connectivity index (χ1n) is 5.53. The van der Waals surface area contributed by atoms with Crippen LogP contribution >= 0.6 is 0 Å². The predicted molar refractivity (Wildman–Crippen MR) is 67.7 cm³/mol. The summed E-state index contributed by atoms with van der Waals surface area (Å²) in [5.74, 6) is -0.223. The fourth-order valence-electron chi connectivity index (χ4n) is 1.61. The average molecular weight is 246 g/mol. The minimum atomic E-state index is -0.347. The summed E-state index contributed by atoms with van der Waals surface area (Å²) in [7, 11) is 0. The Balaban J connectivity index is 2.36. The van der Waals surface area contributed by atoms with E-state index >= 15 is 0 Å². The fraction of sp³-hybridized carbons (Fsp3) is 0.167. The molecular formula is C12H14N4O2. The van der Waals surface area contributed by atoms with Gasteiger partial charge in [-0.05, 0) is 5.56 Å². The number of nitrogens with two attached hydrogens (primary N) is 2. The Hall–Kier alpha value is -2.34. The van der Waals surface area contributed by atoms with Crippen LogP contribution < -0.4 is 16.8 Å². The fourth-order valence-corrected chi connectivity index (χ4v) is 1.61. The second-order valence-corrected chi connectivity index (χ2v) is 3.68. The van der Waals surface area contributed by atoms with Crippen LogP contribution in [0.2, 0.25) is 0 Å². The second-order valence-electron chi connectivity index (χ2n) is 3.68. The van der Waals surface area contributed by atoms with Crippen LogP contribution in [0.4, 0.5) is 5.88 Å². The maximum atomic E-state index is 11.9. The SMILES string of the molecule is NCCNC(=O)c1noc(N)c1-c1ccccc1. The molecule has 0 aliphatic heterocycles. The van der Waals surface area contributed by atoms with Crippen LogP contribution in [-0.2, 0) is 0 Å². The Kier molecular flexibility index (Phi) is 3.59. The Morgan fingerprint density at radius 2 is 2.06 bits per heavy atom. The molecule has 2 rings (SSSR count). The van der Waals surface area contributed by atoms with Crippen molar-refractivity contribution >= 4 is 11.8 Å². The number of hydrogen-bond acceptors (Lipinski definition) is 5. The average Bonchev–Trinajstić information content (AvgIpc) is 2.79. The molecule has 0 aliphatic carbocycles. The molecule has 6 nitrogen and oxygen atoms in total. The first-order chi connectivity index (χ1) is 8.74. The second kappa shape index (κ2) is 5.33. The lowest BCUT2D eigenvalue weighted by atomic mass is 10.1. The topological polar surface area (TPSA) is 107 Å². The van der Waals surface area contributed by atoms with Gasteiger partial charge in [0.15, 0.2) is 5.69 Å². The molecule has 0 fully saturated rings. The number of aromatic nitrogens is 1. The third-order valence-corrected chi connectivity index (χ3v) is 2.43.